The monoisotopic (exact) mass is 380 g/mol. The molecule has 0 radical (unpaired) electrons. The SMILES string of the molecule is CCNC(=NCC(C)N1CCN(CC)CC1)NCCc1nc(C)c(C)s1. The Balaban J connectivity index is 1.78. The van der Waals surface area contributed by atoms with Gasteiger partial charge in [-0.2, -0.15) is 0 Å². The number of hydrogen-bond acceptors (Lipinski definition) is 5. The molecule has 6 nitrogen and oxygen atoms in total. The van der Waals surface area contributed by atoms with Gasteiger partial charge in [-0.1, -0.05) is 6.92 Å². The maximum Gasteiger partial charge on any atom is 0.191 e. The van der Waals surface area contributed by atoms with Gasteiger partial charge < -0.3 is 15.5 Å². The second-order valence-electron chi connectivity index (χ2n) is 6.96. The standard InChI is InChI=1S/C19H36N6S/c1-6-20-19(21-9-8-18-23-16(4)17(5)26-18)22-14-15(3)25-12-10-24(7-2)11-13-25/h15H,6-14H2,1-5H3,(H2,20,21,22). The molecule has 1 aromatic heterocycles. The molecule has 0 aromatic carbocycles. The molecule has 0 aliphatic carbocycles. The average molecular weight is 381 g/mol. The Morgan fingerprint density at radius 1 is 1.19 bits per heavy atom. The fourth-order valence-electron chi connectivity index (χ4n) is 3.13. The molecule has 1 atom stereocenters. The minimum Gasteiger partial charge on any atom is -0.357 e. The lowest BCUT2D eigenvalue weighted by Crippen LogP contribution is -2.50. The molecule has 1 aliphatic rings. The summed E-state index contributed by atoms with van der Waals surface area (Å²) in [6.07, 6.45) is 0.943. The van der Waals surface area contributed by atoms with Gasteiger partial charge in [0.15, 0.2) is 5.96 Å². The van der Waals surface area contributed by atoms with E-state index in [0.717, 1.165) is 57.3 Å². The zero-order valence-corrected chi connectivity index (χ0v) is 18.0. The van der Waals surface area contributed by atoms with Gasteiger partial charge in [0.2, 0.25) is 0 Å². The van der Waals surface area contributed by atoms with Crippen molar-refractivity contribution in [1.82, 2.24) is 25.4 Å². The topological polar surface area (TPSA) is 55.8 Å². The molecule has 1 fully saturated rings. The van der Waals surface area contributed by atoms with Crippen LogP contribution in [0.3, 0.4) is 0 Å². The Bertz CT molecular complexity index is 543. The van der Waals surface area contributed by atoms with Crippen LogP contribution in [0.15, 0.2) is 4.99 Å². The van der Waals surface area contributed by atoms with E-state index in [9.17, 15) is 0 Å². The van der Waals surface area contributed by atoms with Crippen molar-refractivity contribution >= 4 is 17.3 Å². The molecule has 2 N–H and O–H groups in total. The molecule has 7 heteroatoms. The number of guanidine groups is 1. The van der Waals surface area contributed by atoms with Crippen LogP contribution < -0.4 is 10.6 Å². The lowest BCUT2D eigenvalue weighted by molar-refractivity contribution is 0.109. The Morgan fingerprint density at radius 2 is 1.92 bits per heavy atom. The molecule has 1 aromatic rings. The smallest absolute Gasteiger partial charge is 0.191 e. The van der Waals surface area contributed by atoms with E-state index >= 15 is 0 Å². The normalized spacial score (nSPS) is 18.1. The maximum absolute atomic E-state index is 4.80. The molecule has 1 saturated heterocycles. The molecule has 26 heavy (non-hydrogen) atoms. The summed E-state index contributed by atoms with van der Waals surface area (Å²) in [5.41, 5.74) is 1.16. The maximum atomic E-state index is 4.80. The summed E-state index contributed by atoms with van der Waals surface area (Å²) in [5, 5.41) is 8.01. The summed E-state index contributed by atoms with van der Waals surface area (Å²) in [5.74, 6) is 0.913. The second-order valence-corrected chi connectivity index (χ2v) is 8.25. The number of thiazole rings is 1. The van der Waals surface area contributed by atoms with Crippen LogP contribution in [0.5, 0.6) is 0 Å². The van der Waals surface area contributed by atoms with Crippen LogP contribution in [0.1, 0.15) is 36.3 Å². The van der Waals surface area contributed by atoms with Crippen molar-refractivity contribution in [3.8, 4) is 0 Å². The molecule has 1 unspecified atom stereocenters. The van der Waals surface area contributed by atoms with Gasteiger partial charge in [-0.3, -0.25) is 9.89 Å². The van der Waals surface area contributed by atoms with Gasteiger partial charge in [0.05, 0.1) is 17.2 Å². The molecule has 2 rings (SSSR count). The van der Waals surface area contributed by atoms with E-state index in [1.165, 1.54) is 23.0 Å². The number of aryl methyl sites for hydroxylation is 2. The van der Waals surface area contributed by atoms with Crippen molar-refractivity contribution in [1.29, 1.82) is 0 Å². The summed E-state index contributed by atoms with van der Waals surface area (Å²) in [6, 6.07) is 0.480. The number of hydrogen-bond donors (Lipinski definition) is 2. The van der Waals surface area contributed by atoms with E-state index in [0.29, 0.717) is 6.04 Å². The summed E-state index contributed by atoms with van der Waals surface area (Å²) in [7, 11) is 0. The lowest BCUT2D eigenvalue weighted by atomic mass is 10.2. The van der Waals surface area contributed by atoms with Gasteiger partial charge in [-0.15, -0.1) is 11.3 Å². The first-order valence-electron chi connectivity index (χ1n) is 9.95. The highest BCUT2D eigenvalue weighted by molar-refractivity contribution is 7.11. The van der Waals surface area contributed by atoms with Gasteiger partial charge in [0.25, 0.3) is 0 Å². The van der Waals surface area contributed by atoms with Gasteiger partial charge >= 0.3 is 0 Å². The summed E-state index contributed by atoms with van der Waals surface area (Å²) in [4.78, 5) is 15.8. The number of likely N-dealkylation sites (N-methyl/N-ethyl adjacent to an activating group) is 1. The summed E-state index contributed by atoms with van der Waals surface area (Å²) >= 11 is 1.80. The highest BCUT2D eigenvalue weighted by atomic mass is 32.1. The van der Waals surface area contributed by atoms with Crippen LogP contribution in [0, 0.1) is 13.8 Å². The zero-order valence-electron chi connectivity index (χ0n) is 17.1. The van der Waals surface area contributed by atoms with E-state index in [4.69, 9.17) is 4.99 Å². The predicted molar refractivity (Wildman–Crippen MR) is 112 cm³/mol. The molecule has 0 saturated carbocycles. The number of rotatable bonds is 8. The van der Waals surface area contributed by atoms with Gasteiger partial charge in [-0.25, -0.2) is 4.98 Å². The minimum absolute atomic E-state index is 0.480. The number of aliphatic imine (C=N–C) groups is 1. The van der Waals surface area contributed by atoms with Crippen molar-refractivity contribution in [3.63, 3.8) is 0 Å². The number of aromatic nitrogens is 1. The molecule has 0 bridgehead atoms. The lowest BCUT2D eigenvalue weighted by Gasteiger charge is -2.37. The van der Waals surface area contributed by atoms with Crippen molar-refractivity contribution in [2.45, 2.75) is 47.1 Å². The molecule has 0 amide bonds. The van der Waals surface area contributed by atoms with Crippen LogP contribution >= 0.6 is 11.3 Å². The average Bonchev–Trinajstić information content (AvgIpc) is 2.97. The molecule has 2 heterocycles. The number of nitrogens with one attached hydrogen (secondary N) is 2. The summed E-state index contributed by atoms with van der Waals surface area (Å²) in [6.45, 7) is 19.2. The second kappa shape index (κ2) is 10.8. The van der Waals surface area contributed by atoms with Crippen LogP contribution in [0.4, 0.5) is 0 Å². The van der Waals surface area contributed by atoms with Gasteiger partial charge in [-0.05, 0) is 34.2 Å². The Hall–Kier alpha value is -1.18. The van der Waals surface area contributed by atoms with Gasteiger partial charge in [0.1, 0.15) is 0 Å². The van der Waals surface area contributed by atoms with Crippen LogP contribution in [-0.2, 0) is 6.42 Å². The molecule has 148 valence electrons. The van der Waals surface area contributed by atoms with Crippen LogP contribution in [0.2, 0.25) is 0 Å². The predicted octanol–water partition coefficient (Wildman–Crippen LogP) is 1.88. The largest absolute Gasteiger partial charge is 0.357 e. The third-order valence-corrected chi connectivity index (χ3v) is 6.17. The zero-order chi connectivity index (χ0) is 18.9. The van der Waals surface area contributed by atoms with E-state index in [1.807, 2.05) is 0 Å². The van der Waals surface area contributed by atoms with E-state index < -0.39 is 0 Å². The molecular weight excluding hydrogens is 344 g/mol. The first-order chi connectivity index (χ1) is 12.5. The van der Waals surface area contributed by atoms with Crippen molar-refractivity contribution in [2.75, 3.05) is 52.4 Å². The Morgan fingerprint density at radius 3 is 2.50 bits per heavy atom. The van der Waals surface area contributed by atoms with Crippen LogP contribution in [0.25, 0.3) is 0 Å². The van der Waals surface area contributed by atoms with Gasteiger partial charge in [0, 0.05) is 56.6 Å². The van der Waals surface area contributed by atoms with Crippen LogP contribution in [-0.4, -0.2) is 79.1 Å². The summed E-state index contributed by atoms with van der Waals surface area (Å²) < 4.78 is 0. The third-order valence-electron chi connectivity index (χ3n) is 5.04. The van der Waals surface area contributed by atoms with Crippen molar-refractivity contribution < 1.29 is 0 Å². The Kier molecular flexibility index (Phi) is 8.81. The first kappa shape index (κ1) is 21.1. The molecule has 1 aliphatic heterocycles. The van der Waals surface area contributed by atoms with Crippen molar-refractivity contribution in [3.05, 3.63) is 15.6 Å². The van der Waals surface area contributed by atoms with E-state index in [2.05, 4.69) is 60.0 Å². The molecule has 0 spiro atoms. The quantitative estimate of drug-likeness (QED) is 0.533. The van der Waals surface area contributed by atoms with E-state index in [-0.39, 0.29) is 0 Å². The first-order valence-corrected chi connectivity index (χ1v) is 10.8. The third kappa shape index (κ3) is 6.52. The number of piperazine rings is 1. The minimum atomic E-state index is 0.480. The highest BCUT2D eigenvalue weighted by Gasteiger charge is 2.19. The Labute approximate surface area is 163 Å². The fourth-order valence-corrected chi connectivity index (χ4v) is 4.07. The highest BCUT2D eigenvalue weighted by Crippen LogP contribution is 2.16. The van der Waals surface area contributed by atoms with E-state index in [1.54, 1.807) is 11.3 Å². The van der Waals surface area contributed by atoms with Crippen molar-refractivity contribution in [2.24, 2.45) is 4.99 Å². The number of nitrogens with zero attached hydrogens (tertiary/aromatic N) is 4. The molecular formula is C19H36N6S. The fraction of sp³-hybridized carbons (Fsp3) is 0.789.